The van der Waals surface area contributed by atoms with Gasteiger partial charge in [-0.3, -0.25) is 4.79 Å². The Morgan fingerprint density at radius 3 is 2.62 bits per heavy atom. The average molecular weight is 353 g/mol. The van der Waals surface area contributed by atoms with Crippen LogP contribution in [0.2, 0.25) is 0 Å². The predicted octanol–water partition coefficient (Wildman–Crippen LogP) is 2.66. The molecule has 6 heteroatoms. The number of amidine groups is 1. The van der Waals surface area contributed by atoms with Crippen LogP contribution in [0.3, 0.4) is 0 Å². The number of nitrogens with two attached hydrogens (primary N) is 1. The number of hydrogen-bond acceptors (Lipinski definition) is 5. The van der Waals surface area contributed by atoms with E-state index < -0.39 is 6.10 Å². The van der Waals surface area contributed by atoms with E-state index in [1.807, 2.05) is 54.6 Å². The van der Waals surface area contributed by atoms with Gasteiger partial charge in [0.15, 0.2) is 6.10 Å². The first-order chi connectivity index (χ1) is 12.7. The summed E-state index contributed by atoms with van der Waals surface area (Å²) in [6.45, 7) is 0.553. The van der Waals surface area contributed by atoms with Gasteiger partial charge in [0.05, 0.1) is 6.04 Å². The number of carbonyl (C=O) groups is 1. The number of amides is 1. The quantitative estimate of drug-likeness (QED) is 0.801. The van der Waals surface area contributed by atoms with Gasteiger partial charge in [-0.05, 0) is 36.1 Å². The molecule has 1 heterocycles. The Morgan fingerprint density at radius 2 is 2.00 bits per heavy atom. The Hall–Kier alpha value is -2.86. The highest BCUT2D eigenvalue weighted by molar-refractivity contribution is 5.94. The molecule has 1 aliphatic heterocycles. The van der Waals surface area contributed by atoms with Gasteiger partial charge in [-0.25, -0.2) is 4.99 Å². The summed E-state index contributed by atoms with van der Waals surface area (Å²) in [5, 5.41) is 2.90. The van der Waals surface area contributed by atoms with Crippen LogP contribution >= 0.6 is 0 Å². The molecule has 0 fully saturated rings. The summed E-state index contributed by atoms with van der Waals surface area (Å²) in [4.78, 5) is 16.7. The Kier molecular flexibility index (Phi) is 5.86. The normalized spacial score (nSPS) is 17.3. The number of nitrogens with zero attached hydrogens (tertiary/aromatic N) is 1. The summed E-state index contributed by atoms with van der Waals surface area (Å²) < 4.78 is 10.5. The maximum absolute atomic E-state index is 12.5. The number of benzene rings is 2. The van der Waals surface area contributed by atoms with Gasteiger partial charge < -0.3 is 20.5 Å². The Morgan fingerprint density at radius 1 is 1.27 bits per heavy atom. The lowest BCUT2D eigenvalue weighted by atomic mass is 10.1. The number of carbonyl (C=O) groups excluding carboxylic acids is 1. The minimum atomic E-state index is -0.637. The number of rotatable bonds is 7. The summed E-state index contributed by atoms with van der Waals surface area (Å²) >= 11 is 0. The summed E-state index contributed by atoms with van der Waals surface area (Å²) in [5.41, 5.74) is 8.25. The second kappa shape index (κ2) is 8.49. The molecule has 0 bridgehead atoms. The third-order valence-corrected chi connectivity index (χ3v) is 4.30. The Balaban J connectivity index is 1.55. The van der Waals surface area contributed by atoms with Crippen LogP contribution in [0.25, 0.3) is 0 Å². The van der Waals surface area contributed by atoms with Crippen LogP contribution in [-0.4, -0.2) is 31.7 Å². The van der Waals surface area contributed by atoms with Crippen molar-refractivity contribution in [3.63, 3.8) is 0 Å². The lowest BCUT2D eigenvalue weighted by Gasteiger charge is -2.16. The van der Waals surface area contributed by atoms with Crippen LogP contribution < -0.4 is 11.1 Å². The molecular weight excluding hydrogens is 330 g/mol. The zero-order chi connectivity index (χ0) is 18.4. The lowest BCUT2D eigenvalue weighted by molar-refractivity contribution is -0.126. The van der Waals surface area contributed by atoms with E-state index in [1.54, 1.807) is 0 Å². The highest BCUT2D eigenvalue weighted by atomic mass is 16.5. The van der Waals surface area contributed by atoms with E-state index in [0.29, 0.717) is 6.61 Å². The standard InChI is InChI=1S/C20H23N3O3/c1-25-18(15-5-3-2-4-6-15)19(24)22-16-10-7-14(8-11-16)9-12-17-13-26-20(21)23-17/h2-8,10-11,17-18H,9,12-13H2,1H3,(H2,21,23)(H,22,24). The molecule has 0 saturated heterocycles. The maximum Gasteiger partial charge on any atom is 0.282 e. The number of anilines is 1. The molecule has 3 rings (SSSR count). The van der Waals surface area contributed by atoms with Gasteiger partial charge >= 0.3 is 0 Å². The summed E-state index contributed by atoms with van der Waals surface area (Å²) in [6.07, 6.45) is 1.12. The van der Waals surface area contributed by atoms with Crippen molar-refractivity contribution >= 4 is 17.6 Å². The largest absolute Gasteiger partial charge is 0.463 e. The second-order valence-electron chi connectivity index (χ2n) is 6.18. The predicted molar refractivity (Wildman–Crippen MR) is 101 cm³/mol. The minimum Gasteiger partial charge on any atom is -0.463 e. The highest BCUT2D eigenvalue weighted by Gasteiger charge is 2.20. The third kappa shape index (κ3) is 4.61. The first kappa shape index (κ1) is 17.9. The molecule has 0 radical (unpaired) electrons. The fourth-order valence-electron chi connectivity index (χ4n) is 2.90. The molecule has 0 saturated carbocycles. The number of aliphatic imine (C=N–C) groups is 1. The second-order valence-corrected chi connectivity index (χ2v) is 6.18. The average Bonchev–Trinajstić information content (AvgIpc) is 3.08. The van der Waals surface area contributed by atoms with Crippen LogP contribution in [0.5, 0.6) is 0 Å². The Labute approximate surface area is 153 Å². The monoisotopic (exact) mass is 353 g/mol. The zero-order valence-electron chi connectivity index (χ0n) is 14.7. The first-order valence-corrected chi connectivity index (χ1v) is 8.59. The van der Waals surface area contributed by atoms with Gasteiger partial charge in [0.1, 0.15) is 6.61 Å². The van der Waals surface area contributed by atoms with Crippen LogP contribution in [0, 0.1) is 0 Å². The molecule has 2 aromatic carbocycles. The molecule has 6 nitrogen and oxygen atoms in total. The van der Waals surface area contributed by atoms with Crippen molar-refractivity contribution in [1.82, 2.24) is 0 Å². The smallest absolute Gasteiger partial charge is 0.282 e. The van der Waals surface area contributed by atoms with Gasteiger partial charge in [-0.2, -0.15) is 0 Å². The topological polar surface area (TPSA) is 85.9 Å². The van der Waals surface area contributed by atoms with Gasteiger partial charge in [-0.1, -0.05) is 42.5 Å². The van der Waals surface area contributed by atoms with E-state index in [-0.39, 0.29) is 18.0 Å². The SMILES string of the molecule is COC(C(=O)Nc1ccc(CCC2COC(N)=N2)cc1)c1ccccc1. The van der Waals surface area contributed by atoms with Crippen molar-refractivity contribution in [2.75, 3.05) is 19.0 Å². The van der Waals surface area contributed by atoms with E-state index in [9.17, 15) is 4.79 Å². The molecule has 0 aromatic heterocycles. The fourth-order valence-corrected chi connectivity index (χ4v) is 2.90. The number of hydrogen-bond donors (Lipinski definition) is 2. The molecule has 0 aliphatic carbocycles. The molecule has 136 valence electrons. The van der Waals surface area contributed by atoms with Crippen molar-refractivity contribution < 1.29 is 14.3 Å². The van der Waals surface area contributed by atoms with Crippen molar-refractivity contribution in [2.24, 2.45) is 10.7 Å². The number of aryl methyl sites for hydroxylation is 1. The van der Waals surface area contributed by atoms with Crippen molar-refractivity contribution in [1.29, 1.82) is 0 Å². The lowest BCUT2D eigenvalue weighted by Crippen LogP contribution is -2.22. The van der Waals surface area contributed by atoms with Crippen molar-refractivity contribution in [3.8, 4) is 0 Å². The Bertz CT molecular complexity index is 760. The van der Waals surface area contributed by atoms with Gasteiger partial charge in [-0.15, -0.1) is 0 Å². The summed E-state index contributed by atoms with van der Waals surface area (Å²) in [5.74, 6) is -0.195. The molecule has 2 atom stereocenters. The molecular formula is C20H23N3O3. The number of ether oxygens (including phenoxy) is 2. The molecule has 0 spiro atoms. The molecule has 2 aromatic rings. The van der Waals surface area contributed by atoms with Crippen LogP contribution in [0.15, 0.2) is 59.6 Å². The number of nitrogens with one attached hydrogen (secondary N) is 1. The third-order valence-electron chi connectivity index (χ3n) is 4.30. The van der Waals surface area contributed by atoms with E-state index >= 15 is 0 Å². The molecule has 3 N–H and O–H groups in total. The first-order valence-electron chi connectivity index (χ1n) is 8.59. The van der Waals surface area contributed by atoms with E-state index in [4.69, 9.17) is 15.2 Å². The van der Waals surface area contributed by atoms with Crippen LogP contribution in [0.1, 0.15) is 23.7 Å². The van der Waals surface area contributed by atoms with Gasteiger partial charge in [0.2, 0.25) is 0 Å². The molecule has 26 heavy (non-hydrogen) atoms. The molecule has 1 aliphatic rings. The van der Waals surface area contributed by atoms with Crippen molar-refractivity contribution in [2.45, 2.75) is 25.0 Å². The van der Waals surface area contributed by atoms with Crippen LogP contribution in [0.4, 0.5) is 5.69 Å². The summed E-state index contributed by atoms with van der Waals surface area (Å²) in [7, 11) is 1.53. The maximum atomic E-state index is 12.5. The van der Waals surface area contributed by atoms with Gasteiger partial charge in [0, 0.05) is 12.8 Å². The summed E-state index contributed by atoms with van der Waals surface area (Å²) in [6, 6.07) is 17.6. The van der Waals surface area contributed by atoms with Crippen LogP contribution in [-0.2, 0) is 20.7 Å². The zero-order valence-corrected chi connectivity index (χ0v) is 14.7. The highest BCUT2D eigenvalue weighted by Crippen LogP contribution is 2.20. The number of methoxy groups -OCH3 is 1. The minimum absolute atomic E-state index is 0.128. The molecule has 1 amide bonds. The fraction of sp³-hybridized carbons (Fsp3) is 0.300. The van der Waals surface area contributed by atoms with E-state index in [2.05, 4.69) is 10.3 Å². The van der Waals surface area contributed by atoms with E-state index in [0.717, 1.165) is 24.1 Å². The molecule has 2 unspecified atom stereocenters. The van der Waals surface area contributed by atoms with Crippen molar-refractivity contribution in [3.05, 3.63) is 65.7 Å². The van der Waals surface area contributed by atoms with E-state index in [1.165, 1.54) is 12.7 Å². The van der Waals surface area contributed by atoms with Gasteiger partial charge in [0.25, 0.3) is 11.9 Å².